The first-order valence-corrected chi connectivity index (χ1v) is 13.9. The predicted octanol–water partition coefficient (Wildman–Crippen LogP) is 7.45. The third-order valence-corrected chi connectivity index (χ3v) is 8.14. The first-order valence-electron chi connectivity index (χ1n) is 13.1. The smallest absolute Gasteiger partial charge is 0.289 e. The number of amides is 1. The maximum Gasteiger partial charge on any atom is 0.289 e. The fraction of sp³-hybridized carbons (Fsp3) is 0.281. The van der Waals surface area contributed by atoms with Crippen molar-refractivity contribution in [1.29, 1.82) is 0 Å². The molecule has 0 unspecified atom stereocenters. The molecule has 0 N–H and O–H groups in total. The minimum absolute atomic E-state index is 0.107. The Morgan fingerprint density at radius 3 is 2.13 bits per heavy atom. The molecule has 39 heavy (non-hydrogen) atoms. The molecule has 5 nitrogen and oxygen atoms in total. The van der Waals surface area contributed by atoms with E-state index in [1.807, 2.05) is 41.3 Å². The van der Waals surface area contributed by atoms with E-state index in [0.717, 1.165) is 24.4 Å². The van der Waals surface area contributed by atoms with Crippen molar-refractivity contribution in [3.8, 4) is 5.75 Å². The molecule has 1 saturated heterocycles. The number of carbonyl (C=O) groups excluding carboxylic acids is 1. The zero-order valence-electron chi connectivity index (χ0n) is 22.2. The van der Waals surface area contributed by atoms with Crippen molar-refractivity contribution in [1.82, 2.24) is 9.80 Å². The lowest BCUT2D eigenvalue weighted by Crippen LogP contribution is -2.48. The van der Waals surface area contributed by atoms with Crippen LogP contribution in [0, 0.1) is 0 Å². The van der Waals surface area contributed by atoms with E-state index < -0.39 is 0 Å². The van der Waals surface area contributed by atoms with Crippen LogP contribution in [0.15, 0.2) is 89.3 Å². The summed E-state index contributed by atoms with van der Waals surface area (Å²) in [6.45, 7) is 8.04. The summed E-state index contributed by atoms with van der Waals surface area (Å²) in [4.78, 5) is 17.1. The fourth-order valence-corrected chi connectivity index (χ4v) is 5.40. The highest BCUT2D eigenvalue weighted by Crippen LogP contribution is 2.32. The van der Waals surface area contributed by atoms with Crippen LogP contribution in [0.5, 0.6) is 5.75 Å². The Bertz CT molecular complexity index is 1390. The third-order valence-electron chi connectivity index (χ3n) is 7.43. The summed E-state index contributed by atoms with van der Waals surface area (Å²) in [5, 5.41) is 1.33. The lowest BCUT2D eigenvalue weighted by atomic mass is 9.78. The zero-order chi connectivity index (χ0) is 27.4. The van der Waals surface area contributed by atoms with Crippen molar-refractivity contribution in [2.75, 3.05) is 26.2 Å². The van der Waals surface area contributed by atoms with Crippen molar-refractivity contribution in [2.24, 2.45) is 0 Å². The molecule has 5 rings (SSSR count). The minimum Gasteiger partial charge on any atom is -0.486 e. The summed E-state index contributed by atoms with van der Waals surface area (Å²) >= 11 is 12.6. The number of carbonyl (C=O) groups is 1. The Morgan fingerprint density at radius 1 is 0.821 bits per heavy atom. The molecule has 1 aromatic heterocycles. The standard InChI is InChI=1S/C32H32Cl2N2O3/c1-32(2,23-7-4-3-5-8-23)24-11-13-25(14-12-24)38-22-26-15-16-30(39-26)31(37)36-19-17-35(18-20-36)21-27-28(33)9-6-10-29(27)34/h3-16H,17-22H2,1-2H3. The lowest BCUT2D eigenvalue weighted by Gasteiger charge is -2.34. The normalized spacial score (nSPS) is 14.4. The molecule has 0 aliphatic carbocycles. The number of rotatable bonds is 8. The maximum atomic E-state index is 13.0. The molecule has 4 aromatic rings. The van der Waals surface area contributed by atoms with Gasteiger partial charge in [-0.3, -0.25) is 9.69 Å². The maximum absolute atomic E-state index is 13.0. The molecule has 2 heterocycles. The fourth-order valence-electron chi connectivity index (χ4n) is 4.89. The molecule has 0 radical (unpaired) electrons. The second kappa shape index (κ2) is 11.9. The lowest BCUT2D eigenvalue weighted by molar-refractivity contribution is 0.0594. The number of nitrogens with zero attached hydrogens (tertiary/aromatic N) is 2. The summed E-state index contributed by atoms with van der Waals surface area (Å²) < 4.78 is 11.8. The number of hydrogen-bond donors (Lipinski definition) is 0. The predicted molar refractivity (Wildman–Crippen MR) is 156 cm³/mol. The Hall–Kier alpha value is -3.25. The van der Waals surface area contributed by atoms with E-state index >= 15 is 0 Å². The van der Waals surface area contributed by atoms with Crippen LogP contribution in [0.2, 0.25) is 10.0 Å². The van der Waals surface area contributed by atoms with Gasteiger partial charge in [-0.05, 0) is 47.5 Å². The van der Waals surface area contributed by atoms with E-state index in [9.17, 15) is 4.79 Å². The van der Waals surface area contributed by atoms with E-state index in [4.69, 9.17) is 32.4 Å². The molecule has 1 fully saturated rings. The van der Waals surface area contributed by atoms with Crippen LogP contribution in [0.4, 0.5) is 0 Å². The van der Waals surface area contributed by atoms with E-state index in [-0.39, 0.29) is 17.9 Å². The van der Waals surface area contributed by atoms with Crippen LogP contribution >= 0.6 is 23.2 Å². The first-order chi connectivity index (χ1) is 18.8. The molecule has 202 valence electrons. The summed E-state index contributed by atoms with van der Waals surface area (Å²) in [5.41, 5.74) is 3.29. The van der Waals surface area contributed by atoms with Gasteiger partial charge in [-0.15, -0.1) is 0 Å². The molecule has 0 atom stereocenters. The monoisotopic (exact) mass is 562 g/mol. The number of benzene rings is 3. The SMILES string of the molecule is CC(C)(c1ccccc1)c1ccc(OCc2ccc(C(=O)N3CCN(Cc4c(Cl)cccc4Cl)CC3)o2)cc1. The molecule has 0 spiro atoms. The van der Waals surface area contributed by atoms with E-state index in [0.29, 0.717) is 41.2 Å². The molecule has 0 saturated carbocycles. The van der Waals surface area contributed by atoms with Crippen molar-refractivity contribution in [3.63, 3.8) is 0 Å². The molecule has 1 amide bonds. The average Bonchev–Trinajstić information content (AvgIpc) is 3.44. The molecule has 0 bridgehead atoms. The van der Waals surface area contributed by atoms with Crippen LogP contribution in [0.1, 0.15) is 46.9 Å². The Balaban J connectivity index is 1.13. The van der Waals surface area contributed by atoms with Gasteiger partial charge in [0.25, 0.3) is 5.91 Å². The number of halogens is 2. The van der Waals surface area contributed by atoms with Gasteiger partial charge in [-0.1, -0.05) is 85.6 Å². The van der Waals surface area contributed by atoms with Gasteiger partial charge >= 0.3 is 0 Å². The van der Waals surface area contributed by atoms with E-state index in [1.165, 1.54) is 11.1 Å². The number of furan rings is 1. The van der Waals surface area contributed by atoms with Gasteiger partial charge in [0.05, 0.1) is 0 Å². The minimum atomic E-state index is -0.108. The van der Waals surface area contributed by atoms with Crippen molar-refractivity contribution < 1.29 is 13.9 Å². The Labute approximate surface area is 239 Å². The molecule has 1 aliphatic heterocycles. The Morgan fingerprint density at radius 2 is 1.46 bits per heavy atom. The summed E-state index contributed by atoms with van der Waals surface area (Å²) in [6, 6.07) is 27.7. The second-order valence-electron chi connectivity index (χ2n) is 10.3. The topological polar surface area (TPSA) is 45.9 Å². The van der Waals surface area contributed by atoms with Gasteiger partial charge in [0.15, 0.2) is 5.76 Å². The van der Waals surface area contributed by atoms with Gasteiger partial charge in [-0.2, -0.15) is 0 Å². The summed E-state index contributed by atoms with van der Waals surface area (Å²) in [6.07, 6.45) is 0. The van der Waals surface area contributed by atoms with Crippen LogP contribution in [0.25, 0.3) is 0 Å². The van der Waals surface area contributed by atoms with Gasteiger partial charge < -0.3 is 14.1 Å². The largest absolute Gasteiger partial charge is 0.486 e. The highest BCUT2D eigenvalue weighted by atomic mass is 35.5. The number of piperazine rings is 1. The van der Waals surface area contributed by atoms with Gasteiger partial charge in [0.2, 0.25) is 0 Å². The van der Waals surface area contributed by atoms with E-state index in [2.05, 4.69) is 55.1 Å². The van der Waals surface area contributed by atoms with E-state index in [1.54, 1.807) is 12.1 Å². The van der Waals surface area contributed by atoms with Crippen molar-refractivity contribution in [2.45, 2.75) is 32.4 Å². The van der Waals surface area contributed by atoms with Crippen LogP contribution in [-0.2, 0) is 18.6 Å². The number of ether oxygens (including phenoxy) is 1. The molecule has 1 aliphatic rings. The highest BCUT2D eigenvalue weighted by Gasteiger charge is 2.25. The summed E-state index contributed by atoms with van der Waals surface area (Å²) in [7, 11) is 0. The van der Waals surface area contributed by atoms with Gasteiger partial charge in [0, 0.05) is 53.7 Å². The van der Waals surface area contributed by atoms with Gasteiger partial charge in [-0.25, -0.2) is 0 Å². The highest BCUT2D eigenvalue weighted by molar-refractivity contribution is 6.35. The Kier molecular flexibility index (Phi) is 8.31. The third kappa shape index (κ3) is 6.33. The average molecular weight is 564 g/mol. The summed E-state index contributed by atoms with van der Waals surface area (Å²) in [5.74, 6) is 1.58. The first kappa shape index (κ1) is 27.3. The molecular weight excluding hydrogens is 531 g/mol. The van der Waals surface area contributed by atoms with Crippen LogP contribution < -0.4 is 4.74 Å². The van der Waals surface area contributed by atoms with Crippen LogP contribution in [0.3, 0.4) is 0 Å². The van der Waals surface area contributed by atoms with Crippen molar-refractivity contribution >= 4 is 29.1 Å². The quantitative estimate of drug-likeness (QED) is 0.223. The second-order valence-corrected chi connectivity index (χ2v) is 11.2. The van der Waals surface area contributed by atoms with Crippen molar-refractivity contribution in [3.05, 3.63) is 123 Å². The molecule has 3 aromatic carbocycles. The van der Waals surface area contributed by atoms with Gasteiger partial charge in [0.1, 0.15) is 18.1 Å². The molecular formula is C32H32Cl2N2O3. The zero-order valence-corrected chi connectivity index (χ0v) is 23.7. The molecule has 7 heteroatoms. The van der Waals surface area contributed by atoms with Crippen LogP contribution in [-0.4, -0.2) is 41.9 Å². The number of hydrogen-bond acceptors (Lipinski definition) is 4.